The maximum atomic E-state index is 13.1. The number of unbranched alkanes of at least 4 members (excludes halogenated alkanes) is 50. The van der Waals surface area contributed by atoms with Crippen LogP contribution in [0.1, 0.15) is 354 Å². The van der Waals surface area contributed by atoms with Gasteiger partial charge in [-0.25, -0.2) is 0 Å². The molecule has 7 unspecified atom stereocenters. The van der Waals surface area contributed by atoms with E-state index in [2.05, 4.69) is 19.2 Å². The third-order valence-electron chi connectivity index (χ3n) is 16.6. The molecule has 452 valence electrons. The van der Waals surface area contributed by atoms with E-state index in [9.17, 15) is 30.3 Å². The summed E-state index contributed by atoms with van der Waals surface area (Å²) in [4.78, 5) is 13.1. The molecule has 0 aromatic heterocycles. The Balaban J connectivity index is 2.07. The minimum atomic E-state index is -1.56. The fourth-order valence-corrected chi connectivity index (χ4v) is 11.3. The molecule has 0 aliphatic carbocycles. The molecule has 0 aromatic rings. The summed E-state index contributed by atoms with van der Waals surface area (Å²) < 4.78 is 11.3. The van der Waals surface area contributed by atoms with Gasteiger partial charge in [-0.2, -0.15) is 0 Å². The largest absolute Gasteiger partial charge is 0.394 e. The van der Waals surface area contributed by atoms with E-state index >= 15 is 0 Å². The molecule has 1 rings (SSSR count). The lowest BCUT2D eigenvalue weighted by molar-refractivity contribution is -0.302. The van der Waals surface area contributed by atoms with Crippen molar-refractivity contribution in [2.24, 2.45) is 0 Å². The molecular weight excluding hydrogens is 947 g/mol. The van der Waals surface area contributed by atoms with Crippen LogP contribution in [0.2, 0.25) is 0 Å². The first-order valence-corrected chi connectivity index (χ1v) is 33.9. The normalized spacial score (nSPS) is 18.8. The van der Waals surface area contributed by atoms with Crippen molar-refractivity contribution in [1.82, 2.24) is 5.32 Å². The second-order valence-corrected chi connectivity index (χ2v) is 24.0. The Labute approximate surface area is 471 Å². The van der Waals surface area contributed by atoms with Crippen molar-refractivity contribution in [1.29, 1.82) is 0 Å². The molecule has 1 aliphatic rings. The molecule has 1 saturated heterocycles. The molecular formula is C67H131NO8. The molecule has 9 heteroatoms. The van der Waals surface area contributed by atoms with Crippen molar-refractivity contribution in [3.63, 3.8) is 0 Å². The number of carbonyl (C=O) groups excluding carboxylic acids is 1. The SMILES string of the molecule is CCCCCCCCCCCCCCCCCC/C=C/C(O)C(COC1OC(CO)C(O)C(O)C1O)NC(=O)CCCCCCCCCCCCCCCCCCCCCCCCCCCCCCCCCCCCC. The molecule has 0 spiro atoms. The van der Waals surface area contributed by atoms with Gasteiger partial charge in [0.15, 0.2) is 6.29 Å². The smallest absolute Gasteiger partial charge is 0.220 e. The van der Waals surface area contributed by atoms with Crippen LogP contribution in [0.15, 0.2) is 12.2 Å². The summed E-state index contributed by atoms with van der Waals surface area (Å²) in [7, 11) is 0. The van der Waals surface area contributed by atoms with Crippen LogP contribution in [-0.4, -0.2) is 87.5 Å². The molecule has 0 saturated carbocycles. The maximum absolute atomic E-state index is 13.1. The highest BCUT2D eigenvalue weighted by molar-refractivity contribution is 5.76. The average molecular weight is 1080 g/mol. The van der Waals surface area contributed by atoms with Gasteiger partial charge in [0.2, 0.25) is 5.91 Å². The van der Waals surface area contributed by atoms with E-state index in [4.69, 9.17) is 9.47 Å². The third-order valence-corrected chi connectivity index (χ3v) is 16.6. The number of hydrogen-bond donors (Lipinski definition) is 6. The molecule has 0 bridgehead atoms. The van der Waals surface area contributed by atoms with Gasteiger partial charge in [-0.3, -0.25) is 4.79 Å². The Morgan fingerprint density at radius 1 is 0.434 bits per heavy atom. The van der Waals surface area contributed by atoms with Gasteiger partial charge in [0.25, 0.3) is 0 Å². The number of amides is 1. The lowest BCUT2D eigenvalue weighted by Crippen LogP contribution is -2.60. The Morgan fingerprint density at radius 2 is 0.724 bits per heavy atom. The lowest BCUT2D eigenvalue weighted by Gasteiger charge is -2.40. The van der Waals surface area contributed by atoms with Gasteiger partial charge in [-0.1, -0.05) is 341 Å². The average Bonchev–Trinajstić information content (AvgIpc) is 3.42. The van der Waals surface area contributed by atoms with E-state index < -0.39 is 49.5 Å². The summed E-state index contributed by atoms with van der Waals surface area (Å²) in [5.41, 5.74) is 0. The molecule has 7 atom stereocenters. The first-order chi connectivity index (χ1) is 37.3. The predicted molar refractivity (Wildman–Crippen MR) is 323 cm³/mol. The number of carbonyl (C=O) groups is 1. The predicted octanol–water partition coefficient (Wildman–Crippen LogP) is 17.9. The van der Waals surface area contributed by atoms with Gasteiger partial charge in [0.1, 0.15) is 24.4 Å². The Morgan fingerprint density at radius 3 is 1.03 bits per heavy atom. The zero-order valence-electron chi connectivity index (χ0n) is 50.5. The molecule has 9 nitrogen and oxygen atoms in total. The van der Waals surface area contributed by atoms with E-state index in [1.807, 2.05) is 6.08 Å². The van der Waals surface area contributed by atoms with Crippen molar-refractivity contribution in [3.05, 3.63) is 12.2 Å². The van der Waals surface area contributed by atoms with Crippen LogP contribution in [0, 0.1) is 0 Å². The third kappa shape index (κ3) is 45.6. The van der Waals surface area contributed by atoms with Crippen LogP contribution in [0.3, 0.4) is 0 Å². The highest BCUT2D eigenvalue weighted by Crippen LogP contribution is 2.23. The number of ether oxygens (including phenoxy) is 2. The monoisotopic (exact) mass is 1080 g/mol. The van der Waals surface area contributed by atoms with E-state index in [0.29, 0.717) is 6.42 Å². The number of aliphatic hydroxyl groups is 5. The second kappa shape index (κ2) is 57.2. The fraction of sp³-hybridized carbons (Fsp3) is 0.955. The van der Waals surface area contributed by atoms with E-state index in [1.54, 1.807) is 6.08 Å². The second-order valence-electron chi connectivity index (χ2n) is 24.0. The van der Waals surface area contributed by atoms with Gasteiger partial charge in [0.05, 0.1) is 25.4 Å². The van der Waals surface area contributed by atoms with Crippen molar-refractivity contribution in [2.75, 3.05) is 13.2 Å². The summed E-state index contributed by atoms with van der Waals surface area (Å²) in [6, 6.07) is -0.801. The summed E-state index contributed by atoms with van der Waals surface area (Å²) >= 11 is 0. The van der Waals surface area contributed by atoms with Gasteiger partial charge in [-0.15, -0.1) is 0 Å². The minimum absolute atomic E-state index is 0.168. The van der Waals surface area contributed by atoms with Crippen LogP contribution in [-0.2, 0) is 14.3 Å². The summed E-state index contributed by atoms with van der Waals surface area (Å²) in [6.45, 7) is 3.83. The van der Waals surface area contributed by atoms with Crippen molar-refractivity contribution in [3.8, 4) is 0 Å². The molecule has 1 aliphatic heterocycles. The zero-order chi connectivity index (χ0) is 55.0. The molecule has 6 N–H and O–H groups in total. The van der Waals surface area contributed by atoms with Gasteiger partial charge >= 0.3 is 0 Å². The highest BCUT2D eigenvalue weighted by Gasteiger charge is 2.44. The van der Waals surface area contributed by atoms with Gasteiger partial charge in [-0.05, 0) is 19.3 Å². The van der Waals surface area contributed by atoms with E-state index in [-0.39, 0.29) is 12.5 Å². The standard InChI is InChI=1S/C67H131NO8/c1-3-5-7-9-11-13-15-17-19-21-23-24-25-26-27-28-29-30-31-32-33-34-35-36-37-38-39-41-43-45-47-49-51-53-55-57-63(71)68-60(59-75-67-66(74)65(73)64(72)62(58-69)76-67)61(70)56-54-52-50-48-46-44-42-40-22-20-18-16-14-12-10-8-6-4-2/h54,56,60-62,64-67,69-70,72-74H,3-53,55,57-59H2,1-2H3,(H,68,71)/b56-54+. The number of rotatable bonds is 60. The Bertz CT molecular complexity index is 1200. The summed E-state index contributed by atoms with van der Waals surface area (Å²) in [5, 5.41) is 54.6. The highest BCUT2D eigenvalue weighted by atomic mass is 16.7. The van der Waals surface area contributed by atoms with Crippen LogP contribution < -0.4 is 5.32 Å². The lowest BCUT2D eigenvalue weighted by atomic mass is 9.99. The minimum Gasteiger partial charge on any atom is -0.394 e. The topological polar surface area (TPSA) is 149 Å². The number of nitrogens with one attached hydrogen (secondary N) is 1. The number of hydrogen-bond acceptors (Lipinski definition) is 8. The van der Waals surface area contributed by atoms with Gasteiger partial charge < -0.3 is 40.3 Å². The van der Waals surface area contributed by atoms with Crippen LogP contribution in [0.5, 0.6) is 0 Å². The number of aliphatic hydroxyl groups excluding tert-OH is 5. The first-order valence-electron chi connectivity index (χ1n) is 33.9. The van der Waals surface area contributed by atoms with Gasteiger partial charge in [0, 0.05) is 6.42 Å². The van der Waals surface area contributed by atoms with Crippen molar-refractivity contribution in [2.45, 2.75) is 397 Å². The fourth-order valence-electron chi connectivity index (χ4n) is 11.3. The van der Waals surface area contributed by atoms with Crippen LogP contribution >= 0.6 is 0 Å². The van der Waals surface area contributed by atoms with E-state index in [0.717, 1.165) is 38.5 Å². The van der Waals surface area contributed by atoms with E-state index in [1.165, 1.54) is 295 Å². The molecule has 0 aromatic carbocycles. The molecule has 0 radical (unpaired) electrons. The van der Waals surface area contributed by atoms with Crippen LogP contribution in [0.4, 0.5) is 0 Å². The van der Waals surface area contributed by atoms with Crippen molar-refractivity contribution >= 4 is 5.91 Å². The molecule has 1 amide bonds. The Kier molecular flexibility index (Phi) is 54.9. The quantitative estimate of drug-likeness (QED) is 0.0261. The molecule has 1 fully saturated rings. The summed E-state index contributed by atoms with van der Waals surface area (Å²) in [6.07, 6.45) is 66.1. The number of allylic oxidation sites excluding steroid dienone is 1. The Hall–Kier alpha value is -1.07. The van der Waals surface area contributed by atoms with Crippen LogP contribution in [0.25, 0.3) is 0 Å². The maximum Gasteiger partial charge on any atom is 0.220 e. The molecule has 76 heavy (non-hydrogen) atoms. The first kappa shape index (κ1) is 72.9. The molecule has 1 heterocycles. The zero-order valence-corrected chi connectivity index (χ0v) is 50.5. The van der Waals surface area contributed by atoms with Crippen molar-refractivity contribution < 1.29 is 39.8 Å². The summed E-state index contributed by atoms with van der Waals surface area (Å²) in [5.74, 6) is -0.168.